The van der Waals surface area contributed by atoms with Crippen LogP contribution in [0.3, 0.4) is 0 Å². The monoisotopic (exact) mass is 467 g/mol. The maximum absolute atomic E-state index is 11.9. The van der Waals surface area contributed by atoms with Gasteiger partial charge in [-0.05, 0) is 6.58 Å². The zero-order valence-corrected chi connectivity index (χ0v) is 15.0. The topological polar surface area (TPSA) is 137 Å². The summed E-state index contributed by atoms with van der Waals surface area (Å²) in [6.45, 7) is 2.18. The number of aliphatic hydroxyl groups is 1. The number of esters is 3. The first-order valence-electron chi connectivity index (χ1n) is 6.81. The van der Waals surface area contributed by atoms with E-state index in [9.17, 15) is 24.0 Å². The average Bonchev–Trinajstić information content (AvgIpc) is 2.83. The van der Waals surface area contributed by atoms with Crippen LogP contribution in [-0.4, -0.2) is 63.9 Å². The van der Waals surface area contributed by atoms with Crippen LogP contribution in [0.25, 0.3) is 0 Å². The van der Waals surface area contributed by atoms with Crippen molar-refractivity contribution in [3.63, 3.8) is 0 Å². The Morgan fingerprint density at radius 2 is 1.92 bits per heavy atom. The van der Waals surface area contributed by atoms with Crippen molar-refractivity contribution in [2.45, 2.75) is 6.42 Å². The van der Waals surface area contributed by atoms with Gasteiger partial charge in [0.2, 0.25) is 11.5 Å². The van der Waals surface area contributed by atoms with E-state index in [1.807, 2.05) is 0 Å². The third kappa shape index (κ3) is 6.26. The number of ether oxygens (including phenoxy) is 3. The van der Waals surface area contributed by atoms with Crippen LogP contribution in [0.2, 0.25) is 0 Å². The minimum atomic E-state index is -1.02. The Hall–Kier alpha value is -2.28. The molecule has 1 aliphatic heterocycles. The number of aliphatic hydroxyl groups excluding tert-OH is 1. The highest BCUT2D eigenvalue weighted by molar-refractivity contribution is 14.1. The van der Waals surface area contributed by atoms with E-state index >= 15 is 0 Å². The summed E-state index contributed by atoms with van der Waals surface area (Å²) in [6.07, 6.45) is 0.439. The van der Waals surface area contributed by atoms with Gasteiger partial charge in [0.15, 0.2) is 0 Å². The van der Waals surface area contributed by atoms with E-state index in [4.69, 9.17) is 9.84 Å². The largest absolute Gasteiger partial charge is 0.457 e. The second-order valence-corrected chi connectivity index (χ2v) is 5.18. The number of alkyl halides is 1. The van der Waals surface area contributed by atoms with Crippen LogP contribution in [0.5, 0.6) is 0 Å². The van der Waals surface area contributed by atoms with Gasteiger partial charge in [-0.25, -0.2) is 4.79 Å². The molecule has 1 N–H and O–H groups in total. The predicted molar refractivity (Wildman–Crippen MR) is 87.7 cm³/mol. The highest BCUT2D eigenvalue weighted by Gasteiger charge is 2.34. The van der Waals surface area contributed by atoms with Gasteiger partial charge >= 0.3 is 17.9 Å². The predicted octanol–water partition coefficient (Wildman–Crippen LogP) is -0.800. The fraction of sp³-hybridized carbons (Fsp3) is 0.357. The molecule has 1 heterocycles. The zero-order valence-electron chi connectivity index (χ0n) is 12.9. The Bertz CT molecular complexity index is 640. The van der Waals surface area contributed by atoms with E-state index in [0.717, 1.165) is 6.08 Å². The number of hydrogen-bond acceptors (Lipinski definition) is 9. The summed E-state index contributed by atoms with van der Waals surface area (Å²) in [7, 11) is 0. The van der Waals surface area contributed by atoms with E-state index in [1.165, 1.54) is 0 Å². The van der Waals surface area contributed by atoms with Crippen LogP contribution >= 0.6 is 22.6 Å². The quantitative estimate of drug-likeness (QED) is 0.0879. The molecule has 1 rings (SSSR count). The number of nitrogens with zero attached hydrogens (tertiary/aromatic N) is 1. The summed E-state index contributed by atoms with van der Waals surface area (Å²) < 4.78 is 13.8. The molecule has 0 aliphatic carbocycles. The molecule has 0 saturated heterocycles. The maximum Gasteiger partial charge on any atom is 0.373 e. The molecule has 2 amide bonds. The minimum Gasteiger partial charge on any atom is -0.457 e. The van der Waals surface area contributed by atoms with Crippen LogP contribution < -0.4 is 0 Å². The van der Waals surface area contributed by atoms with Gasteiger partial charge in [0.05, 0.1) is 23.5 Å². The molecule has 0 atom stereocenters. The third-order valence-corrected chi connectivity index (χ3v) is 3.26. The van der Waals surface area contributed by atoms with Crippen molar-refractivity contribution in [1.82, 2.24) is 4.90 Å². The van der Waals surface area contributed by atoms with Crippen molar-refractivity contribution < 1.29 is 43.3 Å². The first-order valence-corrected chi connectivity index (χ1v) is 8.34. The Labute approximate surface area is 155 Å². The standard InChI is InChI=1S/C14H14INO9/c1-8(14(22)23-5-4-17)24-11(19)2-3-16-10(18)6-9(13(16)21)25-12(20)7-15/h6,17H,1-5,7H2. The molecular formula is C14H14INO9. The Morgan fingerprint density at radius 1 is 1.24 bits per heavy atom. The Balaban J connectivity index is 2.48. The Kier molecular flexibility index (Phi) is 8.21. The molecule has 0 aromatic heterocycles. The summed E-state index contributed by atoms with van der Waals surface area (Å²) in [5, 5.41) is 8.51. The lowest BCUT2D eigenvalue weighted by molar-refractivity contribution is -0.152. The van der Waals surface area contributed by atoms with E-state index in [0.29, 0.717) is 4.90 Å². The van der Waals surface area contributed by atoms with Crippen molar-refractivity contribution in [3.05, 3.63) is 24.2 Å². The second kappa shape index (κ2) is 9.88. The number of rotatable bonds is 9. The molecule has 0 radical (unpaired) electrons. The van der Waals surface area contributed by atoms with Crippen LogP contribution in [0.4, 0.5) is 0 Å². The van der Waals surface area contributed by atoms with Gasteiger partial charge in [0.25, 0.3) is 11.8 Å². The molecule has 11 heteroatoms. The van der Waals surface area contributed by atoms with Gasteiger partial charge in [0.1, 0.15) is 6.61 Å². The molecule has 0 fully saturated rings. The number of carbonyl (C=O) groups excluding carboxylic acids is 5. The first-order chi connectivity index (χ1) is 11.8. The van der Waals surface area contributed by atoms with E-state index in [2.05, 4.69) is 16.1 Å². The Morgan fingerprint density at radius 3 is 2.52 bits per heavy atom. The van der Waals surface area contributed by atoms with Crippen molar-refractivity contribution >= 4 is 52.3 Å². The highest BCUT2D eigenvalue weighted by atomic mass is 127. The average molecular weight is 467 g/mol. The molecule has 1 aliphatic rings. The smallest absolute Gasteiger partial charge is 0.373 e. The lowest BCUT2D eigenvalue weighted by atomic mass is 10.4. The molecule has 0 saturated carbocycles. The van der Waals surface area contributed by atoms with Gasteiger partial charge in [-0.3, -0.25) is 24.1 Å². The molecule has 10 nitrogen and oxygen atoms in total. The van der Waals surface area contributed by atoms with Crippen LogP contribution in [0, 0.1) is 0 Å². The number of hydrogen-bond donors (Lipinski definition) is 1. The minimum absolute atomic E-state index is 0.00259. The van der Waals surface area contributed by atoms with Crippen molar-refractivity contribution in [2.75, 3.05) is 24.2 Å². The summed E-state index contributed by atoms with van der Waals surface area (Å²) >= 11 is 1.73. The zero-order chi connectivity index (χ0) is 19.0. The summed E-state index contributed by atoms with van der Waals surface area (Å²) in [5.41, 5.74) is 0. The van der Waals surface area contributed by atoms with Gasteiger partial charge < -0.3 is 19.3 Å². The fourth-order valence-electron chi connectivity index (χ4n) is 1.57. The molecule has 0 aromatic carbocycles. The maximum atomic E-state index is 11.9. The number of imide groups is 1. The van der Waals surface area contributed by atoms with Crippen LogP contribution in [-0.2, 0) is 38.2 Å². The second-order valence-electron chi connectivity index (χ2n) is 4.42. The summed E-state index contributed by atoms with van der Waals surface area (Å²) in [6, 6.07) is 0. The van der Waals surface area contributed by atoms with Crippen molar-refractivity contribution in [3.8, 4) is 0 Å². The molecule has 0 unspecified atom stereocenters. The molecule has 136 valence electrons. The molecule has 0 spiro atoms. The van der Waals surface area contributed by atoms with Crippen LogP contribution in [0.15, 0.2) is 24.2 Å². The van der Waals surface area contributed by atoms with Crippen LogP contribution in [0.1, 0.15) is 6.42 Å². The third-order valence-electron chi connectivity index (χ3n) is 2.64. The number of carbonyl (C=O) groups is 5. The van der Waals surface area contributed by atoms with E-state index in [-0.39, 0.29) is 17.6 Å². The molecule has 0 bridgehead atoms. The van der Waals surface area contributed by atoms with Gasteiger partial charge in [-0.15, -0.1) is 0 Å². The van der Waals surface area contributed by atoms with Gasteiger partial charge in [-0.2, -0.15) is 0 Å². The number of amides is 2. The van der Waals surface area contributed by atoms with Crippen molar-refractivity contribution in [2.24, 2.45) is 0 Å². The highest BCUT2D eigenvalue weighted by Crippen LogP contribution is 2.15. The lowest BCUT2D eigenvalue weighted by Crippen LogP contribution is -2.34. The fourth-order valence-corrected chi connectivity index (χ4v) is 1.73. The first kappa shape index (κ1) is 20.8. The molecule has 25 heavy (non-hydrogen) atoms. The summed E-state index contributed by atoms with van der Waals surface area (Å²) in [4.78, 5) is 58.4. The molecule has 0 aromatic rings. The normalized spacial score (nSPS) is 13.4. The van der Waals surface area contributed by atoms with Gasteiger partial charge in [-0.1, -0.05) is 22.6 Å². The van der Waals surface area contributed by atoms with Gasteiger partial charge in [0, 0.05) is 6.54 Å². The molecular weight excluding hydrogens is 453 g/mol. The van der Waals surface area contributed by atoms with E-state index in [1.54, 1.807) is 22.6 Å². The number of halogens is 1. The van der Waals surface area contributed by atoms with E-state index < -0.39 is 54.3 Å². The lowest BCUT2D eigenvalue weighted by Gasteiger charge is -2.14. The SMILES string of the molecule is C=C(OC(=O)CCN1C(=O)C=C(OC(=O)CI)C1=O)C(=O)OCCO. The van der Waals surface area contributed by atoms with Crippen molar-refractivity contribution in [1.29, 1.82) is 0 Å². The summed E-state index contributed by atoms with van der Waals surface area (Å²) in [5.74, 6) is -5.24.